The number of amides is 1. The molecule has 1 saturated heterocycles. The Morgan fingerprint density at radius 3 is 2.46 bits per heavy atom. The van der Waals surface area contributed by atoms with Crippen molar-refractivity contribution in [1.82, 2.24) is 10.2 Å². The largest absolute Gasteiger partial charge is 0.349 e. The summed E-state index contributed by atoms with van der Waals surface area (Å²) >= 11 is 0. The SMILES string of the molecule is O=C(NC1CC12CCN(Cc1ccccc1)CC2)c1cccc2ccccc12. The minimum absolute atomic E-state index is 0.0744. The van der Waals surface area contributed by atoms with Crippen LogP contribution in [0.5, 0.6) is 0 Å². The van der Waals surface area contributed by atoms with Crippen LogP contribution in [0.1, 0.15) is 35.2 Å². The lowest BCUT2D eigenvalue weighted by atomic mass is 9.92. The zero-order chi connectivity index (χ0) is 19.0. The van der Waals surface area contributed by atoms with Crippen molar-refractivity contribution in [2.45, 2.75) is 31.8 Å². The number of rotatable bonds is 4. The summed E-state index contributed by atoms with van der Waals surface area (Å²) in [6, 6.07) is 25.1. The average molecular weight is 370 g/mol. The smallest absolute Gasteiger partial charge is 0.252 e. The van der Waals surface area contributed by atoms with Gasteiger partial charge in [0.2, 0.25) is 0 Å². The van der Waals surface area contributed by atoms with Crippen LogP contribution in [0.4, 0.5) is 0 Å². The third-order valence-electron chi connectivity index (χ3n) is 6.63. The van der Waals surface area contributed by atoms with E-state index in [0.29, 0.717) is 11.5 Å². The normalized spacial score (nSPS) is 20.9. The Hall–Kier alpha value is -2.65. The molecule has 0 bridgehead atoms. The van der Waals surface area contributed by atoms with Gasteiger partial charge < -0.3 is 5.32 Å². The first-order valence-electron chi connectivity index (χ1n) is 10.3. The number of hydrogen-bond donors (Lipinski definition) is 1. The van der Waals surface area contributed by atoms with E-state index in [2.05, 4.69) is 52.7 Å². The molecule has 142 valence electrons. The highest BCUT2D eigenvalue weighted by atomic mass is 16.1. The predicted molar refractivity (Wildman–Crippen MR) is 113 cm³/mol. The van der Waals surface area contributed by atoms with Gasteiger partial charge in [-0.15, -0.1) is 0 Å². The van der Waals surface area contributed by atoms with Crippen LogP contribution >= 0.6 is 0 Å². The number of hydrogen-bond acceptors (Lipinski definition) is 2. The minimum Gasteiger partial charge on any atom is -0.349 e. The number of carbonyl (C=O) groups excluding carboxylic acids is 1. The summed E-state index contributed by atoms with van der Waals surface area (Å²) in [4.78, 5) is 15.5. The summed E-state index contributed by atoms with van der Waals surface area (Å²) < 4.78 is 0. The second-order valence-electron chi connectivity index (χ2n) is 8.38. The first-order valence-corrected chi connectivity index (χ1v) is 10.3. The molecule has 1 N–H and O–H groups in total. The predicted octanol–water partition coefficient (Wildman–Crippen LogP) is 4.62. The molecule has 1 heterocycles. The third kappa shape index (κ3) is 3.31. The van der Waals surface area contributed by atoms with E-state index in [1.165, 1.54) is 18.4 Å². The molecular formula is C25H26N2O. The molecule has 1 amide bonds. The van der Waals surface area contributed by atoms with E-state index in [9.17, 15) is 4.79 Å². The second-order valence-corrected chi connectivity index (χ2v) is 8.38. The maximum atomic E-state index is 12.9. The standard InChI is InChI=1S/C25H26N2O/c28-24(22-12-6-10-20-9-4-5-11-21(20)22)26-23-17-25(23)13-15-27(16-14-25)18-19-7-2-1-3-8-19/h1-12,23H,13-18H2,(H,26,28). The number of piperidine rings is 1. The Balaban J connectivity index is 1.20. The first kappa shape index (κ1) is 17.4. The molecule has 2 aliphatic rings. The van der Waals surface area contributed by atoms with Crippen molar-refractivity contribution >= 4 is 16.7 Å². The summed E-state index contributed by atoms with van der Waals surface area (Å²) in [7, 11) is 0. The number of carbonyl (C=O) groups is 1. The molecule has 28 heavy (non-hydrogen) atoms. The molecule has 3 aromatic carbocycles. The lowest BCUT2D eigenvalue weighted by Crippen LogP contribution is -2.38. The van der Waals surface area contributed by atoms with Crippen LogP contribution in [0.2, 0.25) is 0 Å². The highest BCUT2D eigenvalue weighted by molar-refractivity contribution is 6.07. The van der Waals surface area contributed by atoms with Gasteiger partial charge in [-0.2, -0.15) is 0 Å². The van der Waals surface area contributed by atoms with Crippen molar-refractivity contribution in [2.24, 2.45) is 5.41 Å². The van der Waals surface area contributed by atoms with Gasteiger partial charge in [-0.05, 0) is 60.2 Å². The molecule has 1 saturated carbocycles. The Morgan fingerprint density at radius 1 is 0.929 bits per heavy atom. The van der Waals surface area contributed by atoms with E-state index in [0.717, 1.165) is 42.4 Å². The van der Waals surface area contributed by atoms with Gasteiger partial charge in [0.15, 0.2) is 0 Å². The molecule has 3 heteroatoms. The molecule has 3 aromatic rings. The van der Waals surface area contributed by atoms with E-state index in [-0.39, 0.29) is 5.91 Å². The third-order valence-corrected chi connectivity index (χ3v) is 6.63. The molecule has 2 fully saturated rings. The van der Waals surface area contributed by atoms with E-state index in [4.69, 9.17) is 0 Å². The van der Waals surface area contributed by atoms with Gasteiger partial charge in [0, 0.05) is 18.2 Å². The zero-order valence-corrected chi connectivity index (χ0v) is 16.1. The lowest BCUT2D eigenvalue weighted by molar-refractivity contribution is 0.0935. The molecule has 1 atom stereocenters. The number of nitrogens with one attached hydrogen (secondary N) is 1. The summed E-state index contributed by atoms with van der Waals surface area (Å²) in [5.74, 6) is 0.0744. The lowest BCUT2D eigenvalue weighted by Gasteiger charge is -2.33. The van der Waals surface area contributed by atoms with Gasteiger partial charge in [0.05, 0.1) is 0 Å². The quantitative estimate of drug-likeness (QED) is 0.726. The van der Waals surface area contributed by atoms with Crippen molar-refractivity contribution in [3.8, 4) is 0 Å². The highest BCUT2D eigenvalue weighted by Crippen LogP contribution is 2.54. The van der Waals surface area contributed by atoms with E-state index in [1.807, 2.05) is 30.3 Å². The van der Waals surface area contributed by atoms with Crippen molar-refractivity contribution < 1.29 is 4.79 Å². The maximum Gasteiger partial charge on any atom is 0.252 e. The Morgan fingerprint density at radius 2 is 1.64 bits per heavy atom. The van der Waals surface area contributed by atoms with Crippen LogP contribution in [0.3, 0.4) is 0 Å². The summed E-state index contributed by atoms with van der Waals surface area (Å²) in [6.45, 7) is 3.27. The Bertz CT molecular complexity index is 984. The molecule has 3 nitrogen and oxygen atoms in total. The van der Waals surface area contributed by atoms with Crippen LogP contribution in [0.25, 0.3) is 10.8 Å². The second kappa shape index (κ2) is 7.06. The maximum absolute atomic E-state index is 12.9. The fraction of sp³-hybridized carbons (Fsp3) is 0.320. The average Bonchev–Trinajstić information content (AvgIpc) is 3.41. The highest BCUT2D eigenvalue weighted by Gasteiger charge is 2.55. The molecule has 1 aliphatic heterocycles. The number of fused-ring (bicyclic) bond motifs is 1. The van der Waals surface area contributed by atoms with Gasteiger partial charge >= 0.3 is 0 Å². The molecule has 1 spiro atoms. The van der Waals surface area contributed by atoms with Gasteiger partial charge in [-0.1, -0.05) is 66.7 Å². The summed E-state index contributed by atoms with van der Waals surface area (Å²) in [6.07, 6.45) is 3.49. The monoisotopic (exact) mass is 370 g/mol. The van der Waals surface area contributed by atoms with Gasteiger partial charge in [0.25, 0.3) is 5.91 Å². The van der Waals surface area contributed by atoms with Crippen LogP contribution in [0.15, 0.2) is 72.8 Å². The van der Waals surface area contributed by atoms with E-state index in [1.54, 1.807) is 0 Å². The first-order chi connectivity index (χ1) is 13.7. The zero-order valence-electron chi connectivity index (χ0n) is 16.1. The number of benzene rings is 3. The molecule has 1 unspecified atom stereocenters. The van der Waals surface area contributed by atoms with Crippen LogP contribution in [-0.4, -0.2) is 29.9 Å². The summed E-state index contributed by atoms with van der Waals surface area (Å²) in [5, 5.41) is 5.49. The summed E-state index contributed by atoms with van der Waals surface area (Å²) in [5.41, 5.74) is 2.50. The van der Waals surface area contributed by atoms with Gasteiger partial charge in [-0.25, -0.2) is 0 Å². The molecule has 0 radical (unpaired) electrons. The molecular weight excluding hydrogens is 344 g/mol. The fourth-order valence-corrected chi connectivity index (χ4v) is 4.76. The topological polar surface area (TPSA) is 32.3 Å². The number of nitrogens with zero attached hydrogens (tertiary/aromatic N) is 1. The van der Waals surface area contributed by atoms with Crippen molar-refractivity contribution in [3.05, 3.63) is 83.9 Å². The van der Waals surface area contributed by atoms with Crippen molar-refractivity contribution in [2.75, 3.05) is 13.1 Å². The van der Waals surface area contributed by atoms with Gasteiger partial charge in [0.1, 0.15) is 0 Å². The van der Waals surface area contributed by atoms with Crippen LogP contribution in [-0.2, 0) is 6.54 Å². The van der Waals surface area contributed by atoms with Crippen molar-refractivity contribution in [3.63, 3.8) is 0 Å². The van der Waals surface area contributed by atoms with E-state index >= 15 is 0 Å². The Labute approximate surface area is 166 Å². The fourth-order valence-electron chi connectivity index (χ4n) is 4.76. The molecule has 1 aliphatic carbocycles. The van der Waals surface area contributed by atoms with Crippen LogP contribution in [0, 0.1) is 5.41 Å². The Kier molecular flexibility index (Phi) is 4.40. The number of likely N-dealkylation sites (tertiary alicyclic amines) is 1. The van der Waals surface area contributed by atoms with Gasteiger partial charge in [-0.3, -0.25) is 9.69 Å². The van der Waals surface area contributed by atoms with Crippen molar-refractivity contribution in [1.29, 1.82) is 0 Å². The van der Waals surface area contributed by atoms with Crippen LogP contribution < -0.4 is 5.32 Å². The molecule has 0 aromatic heterocycles. The van der Waals surface area contributed by atoms with E-state index < -0.39 is 0 Å². The molecule has 5 rings (SSSR count). The minimum atomic E-state index is 0.0744.